The average molecular weight is 249 g/mol. The molecular weight excluding hydrogens is 232 g/mol. The van der Waals surface area contributed by atoms with E-state index in [4.69, 9.17) is 4.43 Å². The molecule has 1 rings (SSSR count). The molecular formula is C9H17BrOSi. The molecule has 0 N–H and O–H groups in total. The molecule has 0 saturated heterocycles. The summed E-state index contributed by atoms with van der Waals surface area (Å²) in [6.07, 6.45) is 5.09. The largest absolute Gasteiger partial charge is 0.410 e. The Morgan fingerprint density at radius 2 is 2.33 bits per heavy atom. The maximum Gasteiger partial charge on any atom is 0.197 e. The van der Waals surface area contributed by atoms with E-state index >= 15 is 0 Å². The Hall–Kier alpha value is 0.397. The lowest BCUT2D eigenvalue weighted by Gasteiger charge is -2.24. The molecule has 0 aromatic carbocycles. The van der Waals surface area contributed by atoms with E-state index in [0.717, 1.165) is 4.95 Å². The van der Waals surface area contributed by atoms with Crippen LogP contribution in [0, 0.1) is 0 Å². The first-order valence-corrected chi connectivity index (χ1v) is 8.68. The van der Waals surface area contributed by atoms with Gasteiger partial charge in [-0.3, -0.25) is 0 Å². The Morgan fingerprint density at radius 3 is 2.75 bits per heavy atom. The Bertz CT molecular complexity index is 189. The van der Waals surface area contributed by atoms with E-state index in [1.165, 1.54) is 18.4 Å². The molecule has 0 saturated carbocycles. The predicted octanol–water partition coefficient (Wildman–Crippen LogP) is 3.25. The number of allylic oxidation sites excluding steroid dienone is 1. The highest BCUT2D eigenvalue weighted by molar-refractivity contribution is 9.09. The lowest BCUT2D eigenvalue weighted by atomic mass is 10.3. The van der Waals surface area contributed by atoms with Gasteiger partial charge in [0.1, 0.15) is 0 Å². The highest BCUT2D eigenvalue weighted by atomic mass is 79.9. The number of hydrogen-bond acceptors (Lipinski definition) is 1. The summed E-state index contributed by atoms with van der Waals surface area (Å²) >= 11 is 3.51. The van der Waals surface area contributed by atoms with Crippen LogP contribution in [-0.4, -0.2) is 19.4 Å². The minimum absolute atomic E-state index is 0.407. The van der Waals surface area contributed by atoms with Gasteiger partial charge in [-0.15, -0.1) is 0 Å². The maximum atomic E-state index is 6.03. The Morgan fingerprint density at radius 1 is 1.67 bits per heavy atom. The van der Waals surface area contributed by atoms with Gasteiger partial charge in [-0.25, -0.2) is 0 Å². The van der Waals surface area contributed by atoms with Gasteiger partial charge in [0.2, 0.25) is 0 Å². The van der Waals surface area contributed by atoms with Crippen molar-refractivity contribution in [3.05, 3.63) is 11.6 Å². The SMILES string of the molecule is CC1=CC(O[Si](C)(C)CBr)CC1. The van der Waals surface area contributed by atoms with Gasteiger partial charge in [0.15, 0.2) is 8.32 Å². The fraction of sp³-hybridized carbons (Fsp3) is 0.778. The molecule has 0 fully saturated rings. The normalized spacial score (nSPS) is 24.3. The monoisotopic (exact) mass is 248 g/mol. The fourth-order valence-corrected chi connectivity index (χ4v) is 2.85. The van der Waals surface area contributed by atoms with Crippen LogP contribution in [0.5, 0.6) is 0 Å². The molecule has 1 unspecified atom stereocenters. The Balaban J connectivity index is 2.42. The van der Waals surface area contributed by atoms with Crippen LogP contribution in [0.4, 0.5) is 0 Å². The lowest BCUT2D eigenvalue weighted by molar-refractivity contribution is 0.241. The Labute approximate surface area is 84.4 Å². The zero-order chi connectivity index (χ0) is 9.19. The van der Waals surface area contributed by atoms with Gasteiger partial charge in [-0.2, -0.15) is 0 Å². The molecule has 0 amide bonds. The van der Waals surface area contributed by atoms with E-state index in [-0.39, 0.29) is 0 Å². The highest BCUT2D eigenvalue weighted by Gasteiger charge is 2.26. The van der Waals surface area contributed by atoms with Crippen LogP contribution in [0.15, 0.2) is 11.6 Å². The average Bonchev–Trinajstić information content (AvgIpc) is 2.35. The summed E-state index contributed by atoms with van der Waals surface area (Å²) in [4.78, 5) is 1.03. The standard InChI is InChI=1S/C9H17BrOSi/c1-8-4-5-9(6-8)11-12(2,3)7-10/h6,9H,4-5,7H2,1-3H3. The molecule has 0 aromatic heterocycles. The van der Waals surface area contributed by atoms with E-state index < -0.39 is 8.32 Å². The lowest BCUT2D eigenvalue weighted by Crippen LogP contribution is -2.36. The van der Waals surface area contributed by atoms with Crippen LogP contribution < -0.4 is 0 Å². The molecule has 0 heterocycles. The van der Waals surface area contributed by atoms with Crippen molar-refractivity contribution >= 4 is 24.2 Å². The number of halogens is 1. The van der Waals surface area contributed by atoms with E-state index in [1.54, 1.807) is 0 Å². The molecule has 1 atom stereocenters. The summed E-state index contributed by atoms with van der Waals surface area (Å²) in [5.41, 5.74) is 1.49. The summed E-state index contributed by atoms with van der Waals surface area (Å²) in [6.45, 7) is 6.69. The van der Waals surface area contributed by atoms with Crippen molar-refractivity contribution in [1.82, 2.24) is 0 Å². The third kappa shape index (κ3) is 3.03. The van der Waals surface area contributed by atoms with Crippen molar-refractivity contribution in [3.8, 4) is 0 Å². The van der Waals surface area contributed by atoms with E-state index in [2.05, 4.69) is 42.0 Å². The summed E-state index contributed by atoms with van der Waals surface area (Å²) in [6, 6.07) is 0. The molecule has 1 aliphatic carbocycles. The van der Waals surface area contributed by atoms with Crippen LogP contribution in [0.3, 0.4) is 0 Å². The van der Waals surface area contributed by atoms with Gasteiger partial charge in [0.25, 0.3) is 0 Å². The van der Waals surface area contributed by atoms with Gasteiger partial charge in [-0.05, 0) is 32.9 Å². The molecule has 12 heavy (non-hydrogen) atoms. The molecule has 0 spiro atoms. The zero-order valence-electron chi connectivity index (χ0n) is 8.06. The van der Waals surface area contributed by atoms with Crippen LogP contribution in [-0.2, 0) is 4.43 Å². The van der Waals surface area contributed by atoms with Crippen LogP contribution in [0.2, 0.25) is 13.1 Å². The van der Waals surface area contributed by atoms with Gasteiger partial charge in [0.05, 0.1) is 6.10 Å². The second-order valence-corrected chi connectivity index (χ2v) is 9.81. The predicted molar refractivity (Wildman–Crippen MR) is 59.1 cm³/mol. The van der Waals surface area contributed by atoms with Crippen molar-refractivity contribution in [3.63, 3.8) is 0 Å². The zero-order valence-corrected chi connectivity index (χ0v) is 10.6. The van der Waals surface area contributed by atoms with Gasteiger partial charge in [-0.1, -0.05) is 27.6 Å². The second-order valence-electron chi connectivity index (χ2n) is 4.10. The number of hydrogen-bond donors (Lipinski definition) is 0. The quantitative estimate of drug-likeness (QED) is 0.424. The van der Waals surface area contributed by atoms with Crippen LogP contribution in [0.1, 0.15) is 19.8 Å². The van der Waals surface area contributed by atoms with E-state index in [9.17, 15) is 0 Å². The maximum absolute atomic E-state index is 6.03. The second kappa shape index (κ2) is 4.07. The van der Waals surface area contributed by atoms with Crippen molar-refractivity contribution in [2.75, 3.05) is 4.95 Å². The highest BCUT2D eigenvalue weighted by Crippen LogP contribution is 2.23. The van der Waals surface area contributed by atoms with E-state index in [1.807, 2.05) is 0 Å². The van der Waals surface area contributed by atoms with Crippen molar-refractivity contribution < 1.29 is 4.43 Å². The van der Waals surface area contributed by atoms with Gasteiger partial charge in [0, 0.05) is 4.95 Å². The minimum atomic E-state index is -1.40. The number of alkyl halides is 1. The summed E-state index contributed by atoms with van der Waals surface area (Å²) < 4.78 is 6.03. The molecule has 70 valence electrons. The Kier molecular flexibility index (Phi) is 3.55. The fourth-order valence-electron chi connectivity index (χ4n) is 1.39. The van der Waals surface area contributed by atoms with Crippen LogP contribution >= 0.6 is 15.9 Å². The van der Waals surface area contributed by atoms with Gasteiger partial charge >= 0.3 is 0 Å². The molecule has 0 bridgehead atoms. The minimum Gasteiger partial charge on any atom is -0.410 e. The van der Waals surface area contributed by atoms with Crippen molar-refractivity contribution in [2.24, 2.45) is 0 Å². The first-order valence-electron chi connectivity index (χ1n) is 4.44. The molecule has 1 nitrogen and oxygen atoms in total. The summed E-state index contributed by atoms with van der Waals surface area (Å²) in [5, 5.41) is 0. The molecule has 0 aliphatic heterocycles. The third-order valence-corrected chi connectivity index (χ3v) is 7.72. The van der Waals surface area contributed by atoms with Gasteiger partial charge < -0.3 is 4.43 Å². The molecule has 0 aromatic rings. The third-order valence-electron chi connectivity index (χ3n) is 2.09. The first-order chi connectivity index (χ1) is 5.53. The van der Waals surface area contributed by atoms with E-state index in [0.29, 0.717) is 6.10 Å². The van der Waals surface area contributed by atoms with Crippen LogP contribution in [0.25, 0.3) is 0 Å². The van der Waals surface area contributed by atoms with Crippen molar-refractivity contribution in [1.29, 1.82) is 0 Å². The number of rotatable bonds is 3. The summed E-state index contributed by atoms with van der Waals surface area (Å²) in [5.74, 6) is 0. The molecule has 3 heteroatoms. The first kappa shape index (κ1) is 10.5. The topological polar surface area (TPSA) is 9.23 Å². The molecule has 1 aliphatic rings. The summed E-state index contributed by atoms with van der Waals surface area (Å²) in [7, 11) is -1.40. The molecule has 0 radical (unpaired) electrons. The smallest absolute Gasteiger partial charge is 0.197 e. The van der Waals surface area contributed by atoms with Crippen molar-refractivity contribution in [2.45, 2.75) is 39.0 Å².